The molecule has 1 aliphatic heterocycles. The molecule has 6 nitrogen and oxygen atoms in total. The molecule has 0 saturated heterocycles. The van der Waals surface area contributed by atoms with Crippen LogP contribution in [0.5, 0.6) is 0 Å². The quantitative estimate of drug-likeness (QED) is 0.670. The number of carbonyl (C=O) groups is 1. The van der Waals surface area contributed by atoms with Gasteiger partial charge in [0, 0.05) is 30.3 Å². The summed E-state index contributed by atoms with van der Waals surface area (Å²) in [6.45, 7) is 2.45. The molecule has 3 heterocycles. The Balaban J connectivity index is 1.60. The van der Waals surface area contributed by atoms with Crippen LogP contribution in [0.3, 0.4) is 0 Å². The maximum absolute atomic E-state index is 12.8. The van der Waals surface area contributed by atoms with Crippen molar-refractivity contribution >= 4 is 5.91 Å². The largest absolute Gasteiger partial charge is 0.416 e. The van der Waals surface area contributed by atoms with Crippen molar-refractivity contribution in [2.45, 2.75) is 26.1 Å². The second-order valence-electron chi connectivity index (χ2n) is 6.53. The monoisotopic (exact) mass is 388 g/mol. The lowest BCUT2D eigenvalue weighted by Crippen LogP contribution is -2.36. The standard InChI is InChI=1S/C19H15F3N4O2/c1-11-8-24-15(9-23-11)18(27)26-7-6-16-14(10-26)17(25-28-16)12-2-4-13(5-3-12)19(20,21)22/h2-5,8-9H,6-7,10H2,1H3. The predicted octanol–water partition coefficient (Wildman–Crippen LogP) is 3.66. The van der Waals surface area contributed by atoms with Gasteiger partial charge in [0.15, 0.2) is 0 Å². The summed E-state index contributed by atoms with van der Waals surface area (Å²) in [5, 5.41) is 4.02. The highest BCUT2D eigenvalue weighted by molar-refractivity contribution is 5.92. The first kappa shape index (κ1) is 18.1. The zero-order valence-corrected chi connectivity index (χ0v) is 14.8. The minimum absolute atomic E-state index is 0.238. The number of alkyl halides is 3. The Morgan fingerprint density at radius 2 is 1.89 bits per heavy atom. The van der Waals surface area contributed by atoms with Crippen LogP contribution in [0.2, 0.25) is 0 Å². The number of halogens is 3. The van der Waals surface area contributed by atoms with Gasteiger partial charge in [-0.2, -0.15) is 13.2 Å². The van der Waals surface area contributed by atoms with Gasteiger partial charge in [-0.3, -0.25) is 9.78 Å². The van der Waals surface area contributed by atoms with Crippen LogP contribution in [-0.4, -0.2) is 32.5 Å². The normalized spacial score (nSPS) is 14.1. The second-order valence-corrected chi connectivity index (χ2v) is 6.53. The molecule has 2 aromatic heterocycles. The smallest absolute Gasteiger partial charge is 0.360 e. The number of amides is 1. The van der Waals surface area contributed by atoms with E-state index in [1.165, 1.54) is 24.5 Å². The van der Waals surface area contributed by atoms with Crippen LogP contribution in [0.1, 0.15) is 33.1 Å². The van der Waals surface area contributed by atoms with E-state index >= 15 is 0 Å². The van der Waals surface area contributed by atoms with Gasteiger partial charge in [0.25, 0.3) is 5.91 Å². The third kappa shape index (κ3) is 3.35. The molecule has 0 bridgehead atoms. The first-order valence-electron chi connectivity index (χ1n) is 8.56. The zero-order valence-electron chi connectivity index (χ0n) is 14.8. The third-order valence-corrected chi connectivity index (χ3v) is 4.60. The van der Waals surface area contributed by atoms with Gasteiger partial charge in [0.05, 0.1) is 24.0 Å². The number of hydrogen-bond donors (Lipinski definition) is 0. The molecule has 0 spiro atoms. The van der Waals surface area contributed by atoms with Crippen molar-refractivity contribution in [3.63, 3.8) is 0 Å². The molecule has 1 aliphatic rings. The Morgan fingerprint density at radius 1 is 1.14 bits per heavy atom. The molecule has 0 unspecified atom stereocenters. The average molecular weight is 388 g/mol. The van der Waals surface area contributed by atoms with Crippen molar-refractivity contribution < 1.29 is 22.5 Å². The van der Waals surface area contributed by atoms with Gasteiger partial charge in [-0.1, -0.05) is 17.3 Å². The lowest BCUT2D eigenvalue weighted by molar-refractivity contribution is -0.137. The van der Waals surface area contributed by atoms with Crippen LogP contribution in [0.4, 0.5) is 13.2 Å². The molecule has 1 amide bonds. The highest BCUT2D eigenvalue weighted by Crippen LogP contribution is 2.33. The Bertz CT molecular complexity index is 1010. The minimum Gasteiger partial charge on any atom is -0.360 e. The molecule has 9 heteroatoms. The van der Waals surface area contributed by atoms with Crippen LogP contribution in [0.15, 0.2) is 41.2 Å². The summed E-state index contributed by atoms with van der Waals surface area (Å²) in [6, 6.07) is 4.72. The Morgan fingerprint density at radius 3 is 2.54 bits per heavy atom. The Kier molecular flexibility index (Phi) is 4.37. The van der Waals surface area contributed by atoms with Crippen LogP contribution < -0.4 is 0 Å². The van der Waals surface area contributed by atoms with E-state index in [2.05, 4.69) is 15.1 Å². The number of hydrogen-bond acceptors (Lipinski definition) is 5. The number of fused-ring (bicyclic) bond motifs is 1. The van der Waals surface area contributed by atoms with E-state index in [-0.39, 0.29) is 18.1 Å². The van der Waals surface area contributed by atoms with Crippen molar-refractivity contribution in [2.75, 3.05) is 6.54 Å². The Hall–Kier alpha value is -3.23. The third-order valence-electron chi connectivity index (χ3n) is 4.60. The van der Waals surface area contributed by atoms with Crippen molar-refractivity contribution in [1.29, 1.82) is 0 Å². The van der Waals surface area contributed by atoms with Crippen molar-refractivity contribution in [3.05, 3.63) is 64.9 Å². The van der Waals surface area contributed by atoms with Crippen molar-refractivity contribution in [1.82, 2.24) is 20.0 Å². The molecule has 144 valence electrons. The summed E-state index contributed by atoms with van der Waals surface area (Å²) in [7, 11) is 0. The maximum Gasteiger partial charge on any atom is 0.416 e. The molecule has 0 N–H and O–H groups in total. The predicted molar refractivity (Wildman–Crippen MR) is 92.2 cm³/mol. The first-order chi connectivity index (χ1) is 13.3. The summed E-state index contributed by atoms with van der Waals surface area (Å²) in [5.41, 5.74) is 1.85. The van der Waals surface area contributed by atoms with E-state index in [0.29, 0.717) is 41.2 Å². The highest BCUT2D eigenvalue weighted by atomic mass is 19.4. The molecule has 3 aromatic rings. The summed E-state index contributed by atoms with van der Waals surface area (Å²) in [5.74, 6) is 0.367. The Labute approximate surface area is 158 Å². The first-order valence-corrected chi connectivity index (χ1v) is 8.56. The van der Waals surface area contributed by atoms with Crippen LogP contribution in [0, 0.1) is 6.92 Å². The van der Waals surface area contributed by atoms with E-state index in [1.54, 1.807) is 11.8 Å². The molecular weight excluding hydrogens is 373 g/mol. The van der Waals surface area contributed by atoms with Gasteiger partial charge in [0.2, 0.25) is 0 Å². The number of rotatable bonds is 2. The molecule has 0 aliphatic carbocycles. The second kappa shape index (κ2) is 6.74. The van der Waals surface area contributed by atoms with Gasteiger partial charge in [-0.25, -0.2) is 4.98 Å². The van der Waals surface area contributed by atoms with E-state index in [0.717, 1.165) is 12.1 Å². The van der Waals surface area contributed by atoms with Crippen molar-refractivity contribution in [3.8, 4) is 11.3 Å². The average Bonchev–Trinajstić information content (AvgIpc) is 3.10. The van der Waals surface area contributed by atoms with Crippen LogP contribution >= 0.6 is 0 Å². The fourth-order valence-corrected chi connectivity index (χ4v) is 3.09. The van der Waals surface area contributed by atoms with Gasteiger partial charge >= 0.3 is 6.18 Å². The van der Waals surface area contributed by atoms with E-state index in [4.69, 9.17) is 4.52 Å². The number of nitrogens with zero attached hydrogens (tertiary/aromatic N) is 4. The van der Waals surface area contributed by atoms with E-state index in [9.17, 15) is 18.0 Å². The summed E-state index contributed by atoms with van der Waals surface area (Å²) in [4.78, 5) is 22.5. The number of aromatic nitrogens is 3. The van der Waals surface area contributed by atoms with Crippen LogP contribution in [-0.2, 0) is 19.1 Å². The van der Waals surface area contributed by atoms with Gasteiger partial charge in [-0.15, -0.1) is 0 Å². The maximum atomic E-state index is 12.8. The highest BCUT2D eigenvalue weighted by Gasteiger charge is 2.31. The summed E-state index contributed by atoms with van der Waals surface area (Å²) in [6.07, 6.45) is -0.985. The fraction of sp³-hybridized carbons (Fsp3) is 0.263. The number of carbonyl (C=O) groups excluding carboxylic acids is 1. The molecule has 28 heavy (non-hydrogen) atoms. The van der Waals surface area contributed by atoms with Crippen molar-refractivity contribution in [2.24, 2.45) is 0 Å². The SMILES string of the molecule is Cc1cnc(C(=O)N2CCc3onc(-c4ccc(C(F)(F)F)cc4)c3C2)cn1. The zero-order chi connectivity index (χ0) is 19.9. The molecule has 4 rings (SSSR count). The van der Waals surface area contributed by atoms with Gasteiger partial charge in [-0.05, 0) is 19.1 Å². The number of aryl methyl sites for hydroxylation is 1. The fourth-order valence-electron chi connectivity index (χ4n) is 3.09. The summed E-state index contributed by atoms with van der Waals surface area (Å²) < 4.78 is 43.7. The van der Waals surface area contributed by atoms with E-state index < -0.39 is 11.7 Å². The van der Waals surface area contributed by atoms with Gasteiger partial charge in [0.1, 0.15) is 17.1 Å². The molecular formula is C19H15F3N4O2. The molecule has 0 atom stereocenters. The molecule has 1 aromatic carbocycles. The molecule has 0 fully saturated rings. The number of benzene rings is 1. The lowest BCUT2D eigenvalue weighted by Gasteiger charge is -2.25. The van der Waals surface area contributed by atoms with Crippen LogP contribution in [0.25, 0.3) is 11.3 Å². The molecule has 0 radical (unpaired) electrons. The topological polar surface area (TPSA) is 72.1 Å². The van der Waals surface area contributed by atoms with E-state index in [1.807, 2.05) is 0 Å². The minimum atomic E-state index is -4.40. The summed E-state index contributed by atoms with van der Waals surface area (Å²) >= 11 is 0. The van der Waals surface area contributed by atoms with Gasteiger partial charge < -0.3 is 9.42 Å². The molecule has 0 saturated carbocycles. The lowest BCUT2D eigenvalue weighted by atomic mass is 10.0.